The molecule has 1 amide bonds. The molecule has 5 nitrogen and oxygen atoms in total. The van der Waals surface area contributed by atoms with Crippen molar-refractivity contribution in [2.75, 3.05) is 18.8 Å². The number of aromatic amines is 1. The normalized spacial score (nSPS) is 10.8. The second-order valence-electron chi connectivity index (χ2n) is 4.23. The summed E-state index contributed by atoms with van der Waals surface area (Å²) in [5.74, 6) is 0.884. The van der Waals surface area contributed by atoms with Crippen molar-refractivity contribution in [3.63, 3.8) is 0 Å². The number of nitrogens with two attached hydrogens (primary N) is 1. The van der Waals surface area contributed by atoms with Gasteiger partial charge >= 0.3 is 0 Å². The number of rotatable bonds is 6. The van der Waals surface area contributed by atoms with Gasteiger partial charge in [0.05, 0.1) is 0 Å². The Kier molecular flexibility index (Phi) is 5.00. The van der Waals surface area contributed by atoms with Crippen LogP contribution < -0.4 is 5.73 Å². The summed E-state index contributed by atoms with van der Waals surface area (Å²) in [5, 5.41) is 6.44. The summed E-state index contributed by atoms with van der Waals surface area (Å²) in [6.45, 7) is 7.79. The first kappa shape index (κ1) is 13.5. The first-order valence-electron chi connectivity index (χ1n) is 6.22. The van der Waals surface area contributed by atoms with Crippen LogP contribution in [-0.4, -0.2) is 34.1 Å². The minimum absolute atomic E-state index is 0.0244. The third-order valence-electron chi connectivity index (χ3n) is 3.13. The van der Waals surface area contributed by atoms with E-state index in [0.29, 0.717) is 24.0 Å². The highest BCUT2D eigenvalue weighted by Gasteiger charge is 2.18. The molecule has 0 spiro atoms. The van der Waals surface area contributed by atoms with E-state index in [0.717, 1.165) is 19.4 Å². The fraction of sp³-hybridized carbons (Fsp3) is 0.667. The van der Waals surface area contributed by atoms with Crippen LogP contribution in [0.2, 0.25) is 0 Å². The van der Waals surface area contributed by atoms with E-state index in [-0.39, 0.29) is 5.91 Å². The molecular weight excluding hydrogens is 216 g/mol. The minimum atomic E-state index is -0.0244. The lowest BCUT2D eigenvalue weighted by Crippen LogP contribution is -2.35. The number of aromatic nitrogens is 2. The molecule has 0 aliphatic heterocycles. The van der Waals surface area contributed by atoms with Gasteiger partial charge in [-0.1, -0.05) is 26.7 Å². The Morgan fingerprint density at radius 2 is 2.12 bits per heavy atom. The van der Waals surface area contributed by atoms with E-state index in [4.69, 9.17) is 5.73 Å². The number of carbonyl (C=O) groups excluding carboxylic acids is 1. The van der Waals surface area contributed by atoms with Crippen molar-refractivity contribution in [1.29, 1.82) is 0 Å². The van der Waals surface area contributed by atoms with Crippen LogP contribution in [0, 0.1) is 5.92 Å². The molecule has 1 heterocycles. The molecule has 0 aromatic carbocycles. The van der Waals surface area contributed by atoms with Gasteiger partial charge in [-0.25, -0.2) is 0 Å². The quantitative estimate of drug-likeness (QED) is 0.794. The van der Waals surface area contributed by atoms with Crippen molar-refractivity contribution in [3.8, 4) is 0 Å². The lowest BCUT2D eigenvalue weighted by molar-refractivity contribution is 0.0729. The van der Waals surface area contributed by atoms with Gasteiger partial charge < -0.3 is 10.6 Å². The van der Waals surface area contributed by atoms with Crippen LogP contribution in [0.1, 0.15) is 44.1 Å². The second kappa shape index (κ2) is 6.27. The Balaban J connectivity index is 2.70. The molecule has 96 valence electrons. The van der Waals surface area contributed by atoms with E-state index in [2.05, 4.69) is 24.0 Å². The molecule has 0 unspecified atom stereocenters. The highest BCUT2D eigenvalue weighted by atomic mass is 16.2. The Morgan fingerprint density at radius 1 is 1.47 bits per heavy atom. The highest BCUT2D eigenvalue weighted by Crippen LogP contribution is 2.12. The predicted molar refractivity (Wildman–Crippen MR) is 68.6 cm³/mol. The summed E-state index contributed by atoms with van der Waals surface area (Å²) in [6.07, 6.45) is 2.18. The molecule has 0 fully saturated rings. The first-order valence-corrected chi connectivity index (χ1v) is 6.22. The molecule has 1 rings (SSSR count). The molecule has 0 radical (unpaired) electrons. The van der Waals surface area contributed by atoms with Crippen LogP contribution in [-0.2, 0) is 0 Å². The average Bonchev–Trinajstić information content (AvgIpc) is 2.77. The largest absolute Gasteiger partial charge is 0.382 e. The average molecular weight is 238 g/mol. The van der Waals surface area contributed by atoms with E-state index in [1.807, 2.05) is 11.8 Å². The standard InChI is InChI=1S/C12H22N4O/c1-4-9(5-2)8-16(6-3)12(17)10-7-11(13)15-14-10/h7,9H,4-6,8H2,1-3H3,(H3,13,14,15). The smallest absolute Gasteiger partial charge is 0.271 e. The number of carbonyl (C=O) groups is 1. The molecule has 3 N–H and O–H groups in total. The van der Waals surface area contributed by atoms with E-state index < -0.39 is 0 Å². The van der Waals surface area contributed by atoms with Gasteiger partial charge in [0.2, 0.25) is 0 Å². The topological polar surface area (TPSA) is 75.0 Å². The van der Waals surface area contributed by atoms with Crippen molar-refractivity contribution in [2.24, 2.45) is 5.92 Å². The van der Waals surface area contributed by atoms with Gasteiger partial charge in [-0.15, -0.1) is 0 Å². The number of nitrogens with one attached hydrogen (secondary N) is 1. The lowest BCUT2D eigenvalue weighted by atomic mass is 10.0. The van der Waals surface area contributed by atoms with Crippen LogP contribution in [0.5, 0.6) is 0 Å². The van der Waals surface area contributed by atoms with Gasteiger partial charge in [0.1, 0.15) is 11.5 Å². The van der Waals surface area contributed by atoms with Gasteiger partial charge in [0.25, 0.3) is 5.91 Å². The maximum atomic E-state index is 12.2. The lowest BCUT2D eigenvalue weighted by Gasteiger charge is -2.24. The van der Waals surface area contributed by atoms with E-state index in [1.54, 1.807) is 6.07 Å². The molecule has 5 heteroatoms. The number of H-pyrrole nitrogens is 1. The molecule has 0 aliphatic rings. The number of amides is 1. The van der Waals surface area contributed by atoms with Crippen molar-refractivity contribution in [3.05, 3.63) is 11.8 Å². The summed E-state index contributed by atoms with van der Waals surface area (Å²) in [4.78, 5) is 14.0. The third-order valence-corrected chi connectivity index (χ3v) is 3.13. The zero-order valence-corrected chi connectivity index (χ0v) is 10.9. The number of hydrogen-bond donors (Lipinski definition) is 2. The zero-order chi connectivity index (χ0) is 12.8. The van der Waals surface area contributed by atoms with Crippen LogP contribution in [0.25, 0.3) is 0 Å². The molecule has 0 saturated heterocycles. The number of hydrogen-bond acceptors (Lipinski definition) is 3. The predicted octanol–water partition coefficient (Wildman–Crippen LogP) is 1.89. The van der Waals surface area contributed by atoms with E-state index in [9.17, 15) is 4.79 Å². The van der Waals surface area contributed by atoms with Gasteiger partial charge in [0.15, 0.2) is 0 Å². The molecule has 1 aromatic rings. The van der Waals surface area contributed by atoms with Crippen LogP contribution in [0.3, 0.4) is 0 Å². The molecule has 17 heavy (non-hydrogen) atoms. The maximum absolute atomic E-state index is 12.2. The van der Waals surface area contributed by atoms with Gasteiger partial charge in [-0.3, -0.25) is 9.89 Å². The fourth-order valence-electron chi connectivity index (χ4n) is 1.83. The summed E-state index contributed by atoms with van der Waals surface area (Å²) in [6, 6.07) is 1.58. The molecule has 0 aliphatic carbocycles. The molecule has 0 saturated carbocycles. The van der Waals surface area contributed by atoms with Crippen molar-refractivity contribution in [2.45, 2.75) is 33.6 Å². The van der Waals surface area contributed by atoms with Crippen LogP contribution in [0.15, 0.2) is 6.07 Å². The SMILES string of the molecule is CCC(CC)CN(CC)C(=O)c1cc(N)n[nH]1. The summed E-state index contributed by atoms with van der Waals surface area (Å²) in [5.41, 5.74) is 5.97. The minimum Gasteiger partial charge on any atom is -0.382 e. The summed E-state index contributed by atoms with van der Waals surface area (Å²) in [7, 11) is 0. The Labute approximate surface area is 102 Å². The number of nitrogen functional groups attached to an aromatic ring is 1. The van der Waals surface area contributed by atoms with E-state index in [1.165, 1.54) is 0 Å². The van der Waals surface area contributed by atoms with Crippen molar-refractivity contribution >= 4 is 11.7 Å². The monoisotopic (exact) mass is 238 g/mol. The van der Waals surface area contributed by atoms with Crippen molar-refractivity contribution in [1.82, 2.24) is 15.1 Å². The van der Waals surface area contributed by atoms with E-state index >= 15 is 0 Å². The molecule has 0 bridgehead atoms. The first-order chi connectivity index (χ1) is 8.12. The van der Waals surface area contributed by atoms with Gasteiger partial charge in [-0.05, 0) is 12.8 Å². The van der Waals surface area contributed by atoms with Crippen LogP contribution in [0.4, 0.5) is 5.82 Å². The second-order valence-corrected chi connectivity index (χ2v) is 4.23. The van der Waals surface area contributed by atoms with Crippen LogP contribution >= 0.6 is 0 Å². The Bertz CT molecular complexity index is 357. The third kappa shape index (κ3) is 3.47. The van der Waals surface area contributed by atoms with Gasteiger partial charge in [0, 0.05) is 19.2 Å². The summed E-state index contributed by atoms with van der Waals surface area (Å²) < 4.78 is 0. The Hall–Kier alpha value is -1.52. The number of anilines is 1. The Morgan fingerprint density at radius 3 is 2.53 bits per heavy atom. The highest BCUT2D eigenvalue weighted by molar-refractivity contribution is 5.92. The van der Waals surface area contributed by atoms with Crippen molar-refractivity contribution < 1.29 is 4.79 Å². The molecule has 0 atom stereocenters. The molecule has 1 aromatic heterocycles. The fourth-order valence-corrected chi connectivity index (χ4v) is 1.83. The van der Waals surface area contributed by atoms with Gasteiger partial charge in [-0.2, -0.15) is 5.10 Å². The summed E-state index contributed by atoms with van der Waals surface area (Å²) >= 11 is 0. The number of nitrogens with zero attached hydrogens (tertiary/aromatic N) is 2. The zero-order valence-electron chi connectivity index (χ0n) is 10.9. The molecular formula is C12H22N4O. The maximum Gasteiger partial charge on any atom is 0.271 e.